The van der Waals surface area contributed by atoms with Crippen molar-refractivity contribution in [2.75, 3.05) is 0 Å². The number of nitrogens with one attached hydrogen (secondary N) is 2. The molecule has 338 valence electrons. The van der Waals surface area contributed by atoms with Crippen LogP contribution in [0.1, 0.15) is 45.0 Å². The molecule has 0 spiro atoms. The Balaban J connectivity index is 1.33. The summed E-state index contributed by atoms with van der Waals surface area (Å²) in [7, 11) is 0. The van der Waals surface area contributed by atoms with E-state index in [1.165, 1.54) is 0 Å². The van der Waals surface area contributed by atoms with Gasteiger partial charge in [-0.1, -0.05) is 243 Å². The van der Waals surface area contributed by atoms with Gasteiger partial charge in [0.15, 0.2) is 0 Å². The summed E-state index contributed by atoms with van der Waals surface area (Å²) in [5, 5.41) is 0. The number of H-pyrrole nitrogens is 2. The van der Waals surface area contributed by atoms with Crippen LogP contribution in [-0.4, -0.2) is 19.9 Å². The molecule has 0 saturated carbocycles. The van der Waals surface area contributed by atoms with Crippen LogP contribution in [0.3, 0.4) is 0 Å². The minimum absolute atomic E-state index is 0.879. The summed E-state index contributed by atoms with van der Waals surface area (Å²) in [6.45, 7) is 0. The lowest BCUT2D eigenvalue weighted by atomic mass is 9.88. The van der Waals surface area contributed by atoms with Gasteiger partial charge in [-0.3, -0.25) is 0 Å². The third-order valence-corrected chi connectivity index (χ3v) is 13.8. The van der Waals surface area contributed by atoms with Gasteiger partial charge in [0.05, 0.1) is 22.8 Å². The number of benzene rings is 8. The molecule has 0 unspecified atom stereocenters. The number of nitrogens with zero attached hydrogens (tertiary/aromatic N) is 2. The van der Waals surface area contributed by atoms with Gasteiger partial charge in [-0.25, -0.2) is 9.97 Å². The molecular weight excluding hydrogens is 873 g/mol. The first-order chi connectivity index (χ1) is 35.8. The van der Waals surface area contributed by atoms with Crippen molar-refractivity contribution in [1.82, 2.24) is 19.9 Å². The van der Waals surface area contributed by atoms with E-state index in [0.717, 1.165) is 134 Å². The zero-order valence-electron chi connectivity index (χ0n) is 39.3. The van der Waals surface area contributed by atoms with Crippen LogP contribution in [0.2, 0.25) is 0 Å². The Kier molecular flexibility index (Phi) is 10.8. The van der Waals surface area contributed by atoms with Gasteiger partial charge in [0.1, 0.15) is 0 Å². The normalized spacial score (nSPS) is 12.3. The van der Waals surface area contributed by atoms with Crippen LogP contribution in [0.25, 0.3) is 88.9 Å². The second-order valence-corrected chi connectivity index (χ2v) is 18.1. The zero-order chi connectivity index (χ0) is 47.8. The number of rotatable bonds is 8. The van der Waals surface area contributed by atoms with E-state index in [2.05, 4.69) is 277 Å². The first-order valence-corrected chi connectivity index (χ1v) is 24.5. The van der Waals surface area contributed by atoms with Crippen molar-refractivity contribution in [2.24, 2.45) is 0 Å². The monoisotopic (exact) mass is 918 g/mol. The van der Waals surface area contributed by atoms with Crippen LogP contribution in [0.5, 0.6) is 0 Å². The average molecular weight is 919 g/mol. The molecular formula is C68H46N4. The predicted molar refractivity (Wildman–Crippen MR) is 299 cm³/mol. The molecule has 4 heteroatoms. The van der Waals surface area contributed by atoms with Gasteiger partial charge in [0, 0.05) is 66.6 Å². The van der Waals surface area contributed by atoms with Crippen LogP contribution >= 0.6 is 0 Å². The standard InChI is InChI=1S/C68H46N4/c1-9-25-45(26-10-1)57-53-41-42-54(69-53)58(46-27-11-2-12-28-46)67-63(51-37-21-7-22-38-51)64(52-39-23-8-24-40-52)68(72-67)60(48-31-15-4-16-32-48)56-44-43-55(70-56)59(47-29-13-3-14-30-47)66-62(50-35-19-6-20-36-50)61(65(57)71-66)49-33-17-5-18-34-49/h1-44,69-70H. The van der Waals surface area contributed by atoms with E-state index in [9.17, 15) is 0 Å². The van der Waals surface area contributed by atoms with Gasteiger partial charge < -0.3 is 9.97 Å². The predicted octanol–water partition coefficient (Wildman–Crippen LogP) is 17.0. The third kappa shape index (κ3) is 7.50. The zero-order valence-corrected chi connectivity index (χ0v) is 39.3. The van der Waals surface area contributed by atoms with Crippen molar-refractivity contribution < 1.29 is 0 Å². The number of aromatic amines is 2. The maximum absolute atomic E-state index is 6.01. The van der Waals surface area contributed by atoms with Crippen molar-refractivity contribution >= 4 is 44.4 Å². The Hall–Kier alpha value is -9.64. The van der Waals surface area contributed by atoms with E-state index < -0.39 is 0 Å². The van der Waals surface area contributed by atoms with E-state index in [4.69, 9.17) is 9.97 Å². The maximum Gasteiger partial charge on any atom is 0.0822 e. The topological polar surface area (TPSA) is 57.4 Å². The lowest BCUT2D eigenvalue weighted by Gasteiger charge is -2.14. The van der Waals surface area contributed by atoms with E-state index in [0.29, 0.717) is 0 Å². The van der Waals surface area contributed by atoms with Gasteiger partial charge in [-0.2, -0.15) is 0 Å². The second-order valence-electron chi connectivity index (χ2n) is 18.1. The van der Waals surface area contributed by atoms with Crippen molar-refractivity contribution in [3.63, 3.8) is 0 Å². The lowest BCUT2D eigenvalue weighted by Crippen LogP contribution is -1.95. The van der Waals surface area contributed by atoms with Crippen molar-refractivity contribution in [1.29, 1.82) is 0 Å². The molecule has 8 aromatic carbocycles. The minimum atomic E-state index is 0.879. The van der Waals surface area contributed by atoms with Crippen LogP contribution in [0.15, 0.2) is 267 Å². The molecule has 0 radical (unpaired) electrons. The molecule has 2 aliphatic rings. The number of hydrogen-bond donors (Lipinski definition) is 2. The van der Waals surface area contributed by atoms with Crippen LogP contribution in [-0.2, 0) is 0 Å². The molecule has 0 fully saturated rings. The quantitative estimate of drug-likeness (QED) is 0.160. The van der Waals surface area contributed by atoms with E-state index in [1.54, 1.807) is 0 Å². The summed E-state index contributed by atoms with van der Waals surface area (Å²) in [5.41, 5.74) is 24.0. The summed E-state index contributed by atoms with van der Waals surface area (Å²) >= 11 is 0. The summed E-state index contributed by atoms with van der Waals surface area (Å²) in [6.07, 6.45) is 0. The number of hydrogen-bond acceptors (Lipinski definition) is 2. The molecule has 2 aliphatic heterocycles. The highest BCUT2D eigenvalue weighted by atomic mass is 14.8. The molecule has 0 atom stereocenters. The highest BCUT2D eigenvalue weighted by Gasteiger charge is 2.32. The van der Waals surface area contributed by atoms with Crippen molar-refractivity contribution in [2.45, 2.75) is 0 Å². The van der Waals surface area contributed by atoms with E-state index >= 15 is 0 Å². The van der Waals surface area contributed by atoms with Gasteiger partial charge in [-0.05, 0) is 68.8 Å². The first kappa shape index (κ1) is 42.5. The van der Waals surface area contributed by atoms with E-state index in [-0.39, 0.29) is 0 Å². The smallest absolute Gasteiger partial charge is 0.0822 e. The molecule has 0 amide bonds. The van der Waals surface area contributed by atoms with Gasteiger partial charge in [-0.15, -0.1) is 0 Å². The van der Waals surface area contributed by atoms with Crippen molar-refractivity contribution in [3.05, 3.63) is 312 Å². The number of aromatic nitrogens is 4. The Morgan fingerprint density at radius 3 is 0.528 bits per heavy atom. The summed E-state index contributed by atoms with van der Waals surface area (Å²) < 4.78 is 0. The lowest BCUT2D eigenvalue weighted by molar-refractivity contribution is 1.29. The fraction of sp³-hybridized carbons (Fsp3) is 0. The molecule has 4 nitrogen and oxygen atoms in total. The fourth-order valence-corrected chi connectivity index (χ4v) is 10.7. The van der Waals surface area contributed by atoms with Gasteiger partial charge in [0.25, 0.3) is 0 Å². The molecule has 0 saturated heterocycles. The Labute approximate surface area is 418 Å². The van der Waals surface area contributed by atoms with E-state index in [1.807, 2.05) is 0 Å². The van der Waals surface area contributed by atoms with Crippen LogP contribution in [0.4, 0.5) is 0 Å². The van der Waals surface area contributed by atoms with Crippen molar-refractivity contribution in [3.8, 4) is 44.5 Å². The molecule has 8 bridgehead atoms. The summed E-state index contributed by atoms with van der Waals surface area (Å²) in [5.74, 6) is 0. The van der Waals surface area contributed by atoms with Gasteiger partial charge in [0.2, 0.25) is 0 Å². The summed E-state index contributed by atoms with van der Waals surface area (Å²) in [6, 6.07) is 94.9. The number of fused-ring (bicyclic) bond motifs is 8. The molecule has 5 heterocycles. The Morgan fingerprint density at radius 2 is 0.347 bits per heavy atom. The third-order valence-electron chi connectivity index (χ3n) is 13.8. The Morgan fingerprint density at radius 1 is 0.181 bits per heavy atom. The SMILES string of the molecule is c1ccc(C2=C(c3ccccc3)c3nc2c(-c2ccccc2)c2ccc([nH]2)c(-c2ccccc2)c2nc(c(-c4ccccc4)c4ccc([nH]4)c3-c3ccccc3)C(c3ccccc3)=C2c2ccccc2)cc1. The van der Waals surface area contributed by atoms with Gasteiger partial charge >= 0.3 is 0 Å². The minimum Gasteiger partial charge on any atom is -0.354 e. The molecule has 72 heavy (non-hydrogen) atoms. The largest absolute Gasteiger partial charge is 0.354 e. The average Bonchev–Trinajstić information content (AvgIpc) is 4.29. The first-order valence-electron chi connectivity index (χ1n) is 24.5. The molecule has 3 aromatic heterocycles. The fourth-order valence-electron chi connectivity index (χ4n) is 10.7. The highest BCUT2D eigenvalue weighted by molar-refractivity contribution is 6.15. The molecule has 2 N–H and O–H groups in total. The highest BCUT2D eigenvalue weighted by Crippen LogP contribution is 2.50. The maximum atomic E-state index is 6.01. The molecule has 11 aromatic rings. The van der Waals surface area contributed by atoms with Crippen LogP contribution < -0.4 is 0 Å². The molecule has 0 aliphatic carbocycles. The Bertz CT molecular complexity index is 3490. The van der Waals surface area contributed by atoms with Crippen LogP contribution in [0, 0.1) is 0 Å². The summed E-state index contributed by atoms with van der Waals surface area (Å²) in [4.78, 5) is 20.2. The molecule has 13 rings (SSSR count). The second kappa shape index (κ2) is 18.4.